The maximum Gasteiger partial charge on any atom is 0.0815 e. The summed E-state index contributed by atoms with van der Waals surface area (Å²) >= 11 is 5.22. The number of aromatic nitrogens is 1. The van der Waals surface area contributed by atoms with Gasteiger partial charge in [0, 0.05) is 9.75 Å². The fraction of sp³-hybridized carbons (Fsp3) is 0. The van der Waals surface area contributed by atoms with E-state index in [0.717, 1.165) is 11.4 Å². The lowest BCUT2D eigenvalue weighted by molar-refractivity contribution is 1.31. The molecule has 4 aromatic rings. The Balaban J connectivity index is 1.78. The molecule has 0 amide bonds. The smallest absolute Gasteiger partial charge is 0.0815 e. The molecule has 0 aromatic carbocycles. The third-order valence-electron chi connectivity index (χ3n) is 3.39. The number of hydrogen-bond acceptors (Lipinski definition) is 4. The molecule has 1 nitrogen and oxygen atoms in total. The van der Waals surface area contributed by atoms with Crippen LogP contribution in [0.2, 0.25) is 0 Å². The molecule has 0 fully saturated rings. The molecule has 0 radical (unpaired) electrons. The number of pyridine rings is 1. The summed E-state index contributed by atoms with van der Waals surface area (Å²) in [6, 6.07) is 17.0. The highest BCUT2D eigenvalue weighted by atomic mass is 32.1. The Kier molecular flexibility index (Phi) is 4.20. The normalized spacial score (nSPS) is 11.3. The first-order chi connectivity index (χ1) is 11.4. The largest absolute Gasteiger partial charge is 0.248 e. The number of thiophene rings is 3. The van der Waals surface area contributed by atoms with Gasteiger partial charge in [0.2, 0.25) is 0 Å². The molecule has 0 aliphatic rings. The number of hydrogen-bond donors (Lipinski definition) is 0. The van der Waals surface area contributed by atoms with E-state index in [2.05, 4.69) is 76.8 Å². The van der Waals surface area contributed by atoms with Crippen LogP contribution in [0, 0.1) is 0 Å². The lowest BCUT2D eigenvalue weighted by Gasteiger charge is -2.04. The van der Waals surface area contributed by atoms with Gasteiger partial charge in [-0.1, -0.05) is 18.2 Å². The Bertz CT molecular complexity index is 849. The van der Waals surface area contributed by atoms with Crippen LogP contribution >= 0.6 is 34.0 Å². The average Bonchev–Trinajstić information content (AvgIpc) is 3.36. The van der Waals surface area contributed by atoms with E-state index in [1.165, 1.54) is 20.2 Å². The number of rotatable bonds is 4. The molecular weight excluding hydrogens is 338 g/mol. The molecule has 0 N–H and O–H groups in total. The maximum atomic E-state index is 4.82. The Morgan fingerprint density at radius 3 is 2.17 bits per heavy atom. The number of nitrogens with zero attached hydrogens (tertiary/aromatic N) is 1. The topological polar surface area (TPSA) is 12.9 Å². The van der Waals surface area contributed by atoms with Gasteiger partial charge in [-0.25, -0.2) is 4.98 Å². The van der Waals surface area contributed by atoms with Crippen LogP contribution in [0.1, 0.15) is 10.6 Å². The summed E-state index contributed by atoms with van der Waals surface area (Å²) < 4.78 is 0. The highest BCUT2D eigenvalue weighted by molar-refractivity contribution is 7.14. The van der Waals surface area contributed by atoms with Crippen molar-refractivity contribution in [2.45, 2.75) is 0 Å². The molecule has 0 unspecified atom stereocenters. The van der Waals surface area contributed by atoms with Crippen molar-refractivity contribution in [1.82, 2.24) is 4.98 Å². The highest BCUT2D eigenvalue weighted by Crippen LogP contribution is 2.31. The van der Waals surface area contributed by atoms with E-state index >= 15 is 0 Å². The van der Waals surface area contributed by atoms with Gasteiger partial charge in [0.15, 0.2) is 0 Å². The van der Waals surface area contributed by atoms with E-state index in [1.54, 1.807) is 34.0 Å². The van der Waals surface area contributed by atoms with E-state index in [9.17, 15) is 0 Å². The summed E-state index contributed by atoms with van der Waals surface area (Å²) in [4.78, 5) is 8.54. The van der Waals surface area contributed by atoms with Crippen molar-refractivity contribution in [1.29, 1.82) is 0 Å². The van der Waals surface area contributed by atoms with Crippen molar-refractivity contribution >= 4 is 46.2 Å². The molecular formula is C19H13NS3. The minimum atomic E-state index is 0.993. The molecule has 23 heavy (non-hydrogen) atoms. The van der Waals surface area contributed by atoms with Gasteiger partial charge < -0.3 is 0 Å². The standard InChI is InChI=1S/C19H13NS3/c1-4-16(21-9-1)8-7-15-12-14(18-5-2-10-22-18)13-17(20-15)19-6-3-11-23-19/h1-13H/b8-7+. The molecule has 0 aliphatic carbocycles. The third-order valence-corrected chi connectivity index (χ3v) is 6.03. The second-order valence-electron chi connectivity index (χ2n) is 4.97. The van der Waals surface area contributed by atoms with Crippen LogP contribution in [0.3, 0.4) is 0 Å². The van der Waals surface area contributed by atoms with Crippen molar-refractivity contribution in [2.75, 3.05) is 0 Å². The zero-order valence-corrected chi connectivity index (χ0v) is 14.6. The zero-order chi connectivity index (χ0) is 15.5. The maximum absolute atomic E-state index is 4.82. The molecule has 0 atom stereocenters. The third kappa shape index (κ3) is 3.34. The minimum absolute atomic E-state index is 0.993. The molecule has 0 spiro atoms. The molecule has 4 heteroatoms. The van der Waals surface area contributed by atoms with E-state index in [-0.39, 0.29) is 0 Å². The minimum Gasteiger partial charge on any atom is -0.248 e. The first-order valence-electron chi connectivity index (χ1n) is 7.20. The van der Waals surface area contributed by atoms with Gasteiger partial charge in [0.05, 0.1) is 16.3 Å². The predicted molar refractivity (Wildman–Crippen MR) is 104 cm³/mol. The lowest BCUT2D eigenvalue weighted by Crippen LogP contribution is -1.87. The Morgan fingerprint density at radius 2 is 1.48 bits per heavy atom. The van der Waals surface area contributed by atoms with Gasteiger partial charge >= 0.3 is 0 Å². The predicted octanol–water partition coefficient (Wildman–Crippen LogP) is 6.77. The van der Waals surface area contributed by atoms with Crippen LogP contribution < -0.4 is 0 Å². The molecule has 0 aliphatic heterocycles. The van der Waals surface area contributed by atoms with Crippen LogP contribution in [0.4, 0.5) is 0 Å². The molecule has 112 valence electrons. The fourth-order valence-corrected chi connectivity index (χ4v) is 4.35. The lowest BCUT2D eigenvalue weighted by atomic mass is 10.1. The molecule has 4 heterocycles. The van der Waals surface area contributed by atoms with Gasteiger partial charge in [-0.05, 0) is 64.2 Å². The van der Waals surface area contributed by atoms with Crippen LogP contribution in [-0.2, 0) is 0 Å². The molecule has 0 bridgehead atoms. The summed E-state index contributed by atoms with van der Waals surface area (Å²) in [6.45, 7) is 0. The van der Waals surface area contributed by atoms with Gasteiger partial charge in [-0.15, -0.1) is 34.0 Å². The molecule has 0 saturated heterocycles. The SMILES string of the molecule is C(=C\c1cccs1)/c1cc(-c2cccs2)cc(-c2cccs2)n1. The second kappa shape index (κ2) is 6.62. The summed E-state index contributed by atoms with van der Waals surface area (Å²) in [5.74, 6) is 0. The van der Waals surface area contributed by atoms with Gasteiger partial charge in [0.1, 0.15) is 0 Å². The summed E-state index contributed by atoms with van der Waals surface area (Å²) in [6.07, 6.45) is 4.23. The van der Waals surface area contributed by atoms with Crippen LogP contribution in [0.25, 0.3) is 33.2 Å². The molecule has 4 rings (SSSR count). The van der Waals surface area contributed by atoms with Crippen LogP contribution in [-0.4, -0.2) is 4.98 Å². The van der Waals surface area contributed by atoms with E-state index in [0.29, 0.717) is 0 Å². The van der Waals surface area contributed by atoms with Crippen molar-refractivity contribution in [3.63, 3.8) is 0 Å². The summed E-state index contributed by atoms with van der Waals surface area (Å²) in [5, 5.41) is 6.30. The summed E-state index contributed by atoms with van der Waals surface area (Å²) in [5.41, 5.74) is 3.26. The van der Waals surface area contributed by atoms with Crippen molar-refractivity contribution in [3.8, 4) is 21.0 Å². The Morgan fingerprint density at radius 1 is 0.739 bits per heavy atom. The monoisotopic (exact) mass is 351 g/mol. The average molecular weight is 352 g/mol. The second-order valence-corrected chi connectivity index (χ2v) is 7.84. The van der Waals surface area contributed by atoms with Crippen LogP contribution in [0.15, 0.2) is 64.7 Å². The Hall–Kier alpha value is -2.01. The van der Waals surface area contributed by atoms with Gasteiger partial charge in [-0.3, -0.25) is 0 Å². The zero-order valence-electron chi connectivity index (χ0n) is 12.2. The van der Waals surface area contributed by atoms with Crippen LogP contribution in [0.5, 0.6) is 0 Å². The van der Waals surface area contributed by atoms with Gasteiger partial charge in [0.25, 0.3) is 0 Å². The molecule has 0 saturated carbocycles. The van der Waals surface area contributed by atoms with Crippen molar-refractivity contribution in [2.24, 2.45) is 0 Å². The van der Waals surface area contributed by atoms with E-state index in [4.69, 9.17) is 4.98 Å². The fourth-order valence-electron chi connectivity index (χ4n) is 2.33. The first kappa shape index (κ1) is 14.6. The van der Waals surface area contributed by atoms with Crippen molar-refractivity contribution in [3.05, 3.63) is 75.2 Å². The van der Waals surface area contributed by atoms with Crippen molar-refractivity contribution < 1.29 is 0 Å². The Labute approximate surface area is 147 Å². The van der Waals surface area contributed by atoms with E-state index < -0.39 is 0 Å². The molecule has 4 aromatic heterocycles. The first-order valence-corrected chi connectivity index (χ1v) is 9.84. The summed E-state index contributed by atoms with van der Waals surface area (Å²) in [7, 11) is 0. The van der Waals surface area contributed by atoms with Gasteiger partial charge in [-0.2, -0.15) is 0 Å². The van der Waals surface area contributed by atoms with E-state index in [1.807, 2.05) is 0 Å². The highest BCUT2D eigenvalue weighted by Gasteiger charge is 2.07. The quantitative estimate of drug-likeness (QED) is 0.395.